The highest BCUT2D eigenvalue weighted by Gasteiger charge is 2.28. The summed E-state index contributed by atoms with van der Waals surface area (Å²) in [5, 5.41) is 12.5. The van der Waals surface area contributed by atoms with Crippen molar-refractivity contribution < 1.29 is 19.2 Å². The first kappa shape index (κ1) is 36.9. The van der Waals surface area contributed by atoms with Gasteiger partial charge in [-0.2, -0.15) is 0 Å². The number of halogens is 1. The maximum atomic E-state index is 12.9. The number of para-hydroxylation sites is 1. The number of aryl methyl sites for hydroxylation is 2. The average molecular weight is 744 g/mol. The molecule has 6 rings (SSSR count). The molecule has 4 aromatic rings. The number of amides is 4. The number of hydrogen-bond acceptors (Lipinski definition) is 11. The van der Waals surface area contributed by atoms with Crippen LogP contribution in [0.3, 0.4) is 0 Å². The second-order valence-corrected chi connectivity index (χ2v) is 14.5. The number of piperidine rings is 1. The van der Waals surface area contributed by atoms with Crippen LogP contribution in [0, 0.1) is 13.8 Å². The molecule has 0 aliphatic carbocycles. The van der Waals surface area contributed by atoms with Gasteiger partial charge in [-0.05, 0) is 69.0 Å². The number of aromatic nitrogens is 3. The summed E-state index contributed by atoms with van der Waals surface area (Å²) in [7, 11) is 0. The summed E-state index contributed by atoms with van der Waals surface area (Å²) in [6.07, 6.45) is 5.60. The fourth-order valence-electron chi connectivity index (χ4n) is 6.32. The molecule has 0 saturated carbocycles. The number of nitrogens with zero attached hydrogens (tertiary/aromatic N) is 5. The number of carbonyl (C=O) groups is 4. The van der Waals surface area contributed by atoms with Gasteiger partial charge in [-0.1, -0.05) is 53.6 Å². The summed E-state index contributed by atoms with van der Waals surface area (Å²) in [6.45, 7) is 8.22. The first-order valence-electron chi connectivity index (χ1n) is 17.5. The van der Waals surface area contributed by atoms with E-state index < -0.39 is 0 Å². The van der Waals surface area contributed by atoms with Gasteiger partial charge in [0.25, 0.3) is 5.91 Å². The summed E-state index contributed by atoms with van der Waals surface area (Å²) < 4.78 is 0. The average Bonchev–Trinajstić information content (AvgIpc) is 3.59. The predicted octanol–water partition coefficient (Wildman–Crippen LogP) is 6.04. The Morgan fingerprint density at radius 2 is 1.77 bits per heavy atom. The van der Waals surface area contributed by atoms with Crippen LogP contribution in [0.25, 0.3) is 0 Å². The van der Waals surface area contributed by atoms with Crippen molar-refractivity contribution in [3.63, 3.8) is 0 Å². The summed E-state index contributed by atoms with van der Waals surface area (Å²) >= 11 is 7.51. The summed E-state index contributed by atoms with van der Waals surface area (Å²) in [4.78, 5) is 67.7. The fourth-order valence-corrected chi connectivity index (χ4v) is 7.31. The lowest BCUT2D eigenvalue weighted by atomic mass is 9.90. The van der Waals surface area contributed by atoms with E-state index in [1.54, 1.807) is 18.2 Å². The second kappa shape index (κ2) is 17.1. The quantitative estimate of drug-likeness (QED) is 0.0939. The third-order valence-electron chi connectivity index (χ3n) is 9.16. The molecule has 0 spiro atoms. The van der Waals surface area contributed by atoms with Crippen molar-refractivity contribution in [1.29, 1.82) is 0 Å². The molecule has 1 atom stereocenters. The number of piperazine rings is 1. The number of nitrogens with one attached hydrogen (secondary N) is 4. The van der Waals surface area contributed by atoms with Gasteiger partial charge in [0.2, 0.25) is 17.7 Å². The number of hydrogen-bond donors (Lipinski definition) is 4. The zero-order valence-corrected chi connectivity index (χ0v) is 30.8. The van der Waals surface area contributed by atoms with E-state index in [-0.39, 0.29) is 29.5 Å². The summed E-state index contributed by atoms with van der Waals surface area (Å²) in [5.41, 5.74) is 3.00. The molecule has 0 bridgehead atoms. The Kier molecular flexibility index (Phi) is 12.1. The van der Waals surface area contributed by atoms with Gasteiger partial charge < -0.3 is 20.9 Å². The Hall–Kier alpha value is -4.92. The molecular weight excluding hydrogens is 702 g/mol. The standard InChI is InChI=1S/C37H42ClN9O4S/c1-23-7-6-8-28(38)34(23)45-36(51)29-22-39-37(52-29)43-30-21-31(41-24(2)40-30)47-19-17-46(18-20-47)16-5-3-4-9-32(48)42-26-12-10-25(11-13-26)27-14-15-33(49)44-35(27)50/h6-8,10-13,21-22,27H,3-5,9,14-20H2,1-2H3,(H,42,48)(H,45,51)(H,44,49,50)(H,39,40,41,43). The lowest BCUT2D eigenvalue weighted by molar-refractivity contribution is -0.134. The number of unbranched alkanes of at least 4 members (excludes halogenated alkanes) is 2. The van der Waals surface area contributed by atoms with Crippen LogP contribution in [0.5, 0.6) is 0 Å². The van der Waals surface area contributed by atoms with Crippen LogP contribution in [0.15, 0.2) is 54.7 Å². The van der Waals surface area contributed by atoms with Gasteiger partial charge in [-0.25, -0.2) is 15.0 Å². The van der Waals surface area contributed by atoms with Gasteiger partial charge in [0.05, 0.1) is 22.8 Å². The van der Waals surface area contributed by atoms with E-state index in [1.165, 1.54) is 17.5 Å². The van der Waals surface area contributed by atoms with Crippen LogP contribution < -0.4 is 26.2 Å². The minimum atomic E-state index is -0.337. The fraction of sp³-hybridized carbons (Fsp3) is 0.378. The second-order valence-electron chi connectivity index (χ2n) is 13.0. The number of thiazole rings is 1. The SMILES string of the molecule is Cc1nc(Nc2ncc(C(=O)Nc3c(C)cccc3Cl)s2)cc(N2CCN(CCCCCC(=O)Nc3ccc(C4CCC(=O)NC4=O)cc3)CC2)n1. The number of rotatable bonds is 13. The molecule has 2 fully saturated rings. The molecule has 2 aromatic carbocycles. The van der Waals surface area contributed by atoms with Gasteiger partial charge in [0, 0.05) is 50.8 Å². The van der Waals surface area contributed by atoms with E-state index in [9.17, 15) is 19.2 Å². The van der Waals surface area contributed by atoms with Crippen LogP contribution in [-0.4, -0.2) is 76.2 Å². The molecule has 2 aromatic heterocycles. The van der Waals surface area contributed by atoms with Gasteiger partial charge in [-0.3, -0.25) is 29.4 Å². The predicted molar refractivity (Wildman–Crippen MR) is 204 cm³/mol. The molecule has 13 nitrogen and oxygen atoms in total. The molecule has 4 N–H and O–H groups in total. The third kappa shape index (κ3) is 9.69. The Morgan fingerprint density at radius 1 is 0.981 bits per heavy atom. The van der Waals surface area contributed by atoms with Gasteiger partial charge in [-0.15, -0.1) is 0 Å². The van der Waals surface area contributed by atoms with Crippen LogP contribution >= 0.6 is 22.9 Å². The smallest absolute Gasteiger partial charge is 0.267 e. The molecule has 272 valence electrons. The van der Waals surface area contributed by atoms with Crippen molar-refractivity contribution in [2.75, 3.05) is 53.6 Å². The number of benzene rings is 2. The van der Waals surface area contributed by atoms with Crippen molar-refractivity contribution in [3.8, 4) is 0 Å². The van der Waals surface area contributed by atoms with Gasteiger partial charge in [0.15, 0.2) is 5.13 Å². The van der Waals surface area contributed by atoms with Crippen molar-refractivity contribution in [2.45, 2.75) is 58.3 Å². The molecule has 15 heteroatoms. The Bertz CT molecular complexity index is 1910. The van der Waals surface area contributed by atoms with E-state index in [4.69, 9.17) is 11.6 Å². The Balaban J connectivity index is 0.895. The van der Waals surface area contributed by atoms with Gasteiger partial charge in [0.1, 0.15) is 22.3 Å². The van der Waals surface area contributed by atoms with Crippen LogP contribution in [-0.2, 0) is 14.4 Å². The Morgan fingerprint density at radius 3 is 2.52 bits per heavy atom. The summed E-state index contributed by atoms with van der Waals surface area (Å²) in [6, 6.07) is 14.7. The molecule has 4 amide bonds. The van der Waals surface area contributed by atoms with E-state index >= 15 is 0 Å². The minimum absolute atomic E-state index is 0.0272. The van der Waals surface area contributed by atoms with E-state index in [1.807, 2.05) is 44.2 Å². The topological polar surface area (TPSA) is 162 Å². The maximum Gasteiger partial charge on any atom is 0.267 e. The molecule has 1 unspecified atom stereocenters. The van der Waals surface area contributed by atoms with Crippen molar-refractivity contribution >= 4 is 74.7 Å². The van der Waals surface area contributed by atoms with E-state index in [0.717, 1.165) is 68.9 Å². The molecule has 2 aliphatic heterocycles. The van der Waals surface area contributed by atoms with Crippen LogP contribution in [0.1, 0.15) is 71.1 Å². The van der Waals surface area contributed by atoms with Crippen LogP contribution in [0.2, 0.25) is 5.02 Å². The van der Waals surface area contributed by atoms with Crippen molar-refractivity contribution in [2.24, 2.45) is 0 Å². The lowest BCUT2D eigenvalue weighted by Gasteiger charge is -2.35. The monoisotopic (exact) mass is 743 g/mol. The van der Waals surface area contributed by atoms with Crippen molar-refractivity contribution in [3.05, 3.63) is 81.6 Å². The molecule has 4 heterocycles. The maximum absolute atomic E-state index is 12.9. The molecule has 52 heavy (non-hydrogen) atoms. The van der Waals surface area contributed by atoms with Crippen molar-refractivity contribution in [1.82, 2.24) is 25.2 Å². The third-order valence-corrected chi connectivity index (χ3v) is 10.4. The van der Waals surface area contributed by atoms with Gasteiger partial charge >= 0.3 is 0 Å². The van der Waals surface area contributed by atoms with Crippen LogP contribution in [0.4, 0.5) is 28.1 Å². The highest BCUT2D eigenvalue weighted by Crippen LogP contribution is 2.29. The molecule has 2 saturated heterocycles. The lowest BCUT2D eigenvalue weighted by Crippen LogP contribution is -2.47. The first-order chi connectivity index (χ1) is 25.1. The zero-order chi connectivity index (χ0) is 36.6. The Labute approximate surface area is 311 Å². The molecule has 2 aliphatic rings. The largest absolute Gasteiger partial charge is 0.354 e. The number of anilines is 5. The molecular formula is C37H42ClN9O4S. The number of carbonyl (C=O) groups excluding carboxylic acids is 4. The minimum Gasteiger partial charge on any atom is -0.354 e. The highest BCUT2D eigenvalue weighted by molar-refractivity contribution is 7.17. The normalized spacial score (nSPS) is 16.4. The summed E-state index contributed by atoms with van der Waals surface area (Å²) in [5.74, 6) is 0.949. The van der Waals surface area contributed by atoms with E-state index in [0.29, 0.717) is 57.3 Å². The molecule has 0 radical (unpaired) electrons. The number of imide groups is 1. The highest BCUT2D eigenvalue weighted by atomic mass is 35.5. The first-order valence-corrected chi connectivity index (χ1v) is 18.7. The van der Waals surface area contributed by atoms with E-state index in [2.05, 4.69) is 46.0 Å². The zero-order valence-electron chi connectivity index (χ0n) is 29.2.